The Kier molecular flexibility index (Phi) is 12.4. The molecule has 4 nitrogen and oxygen atoms in total. The summed E-state index contributed by atoms with van der Waals surface area (Å²) >= 11 is 0. The number of carbonyl (C=O) groups excluding carboxylic acids is 1. The van der Waals surface area contributed by atoms with Crippen molar-refractivity contribution >= 4 is 30.7 Å². The molecular weight excluding hydrogens is 328 g/mol. The molecule has 7 heteroatoms. The van der Waals surface area contributed by atoms with Crippen molar-refractivity contribution in [3.8, 4) is 0 Å². The quantitative estimate of drug-likeness (QED) is 0.789. The minimum absolute atomic E-state index is 0. The first kappa shape index (κ1) is 23.4. The number of nitrogens with two attached hydrogens (primary N) is 1. The smallest absolute Gasteiger partial charge is 0.224 e. The average molecular weight is 354 g/mol. The summed E-state index contributed by atoms with van der Waals surface area (Å²) in [5, 5.41) is 2.87. The third-order valence-electron chi connectivity index (χ3n) is 3.36. The molecular formula is C15H26Cl2FN3O. The van der Waals surface area contributed by atoms with E-state index in [4.69, 9.17) is 5.73 Å². The molecule has 0 bridgehead atoms. The fourth-order valence-electron chi connectivity index (χ4n) is 1.75. The van der Waals surface area contributed by atoms with Gasteiger partial charge in [0.1, 0.15) is 5.82 Å². The first-order valence-electron chi connectivity index (χ1n) is 6.86. The summed E-state index contributed by atoms with van der Waals surface area (Å²) < 4.78 is 12.8. The third-order valence-corrected chi connectivity index (χ3v) is 3.36. The molecule has 0 fully saturated rings. The van der Waals surface area contributed by atoms with E-state index in [2.05, 4.69) is 10.2 Å². The number of likely N-dealkylation sites (N-methyl/N-ethyl adjacent to an activating group) is 1. The summed E-state index contributed by atoms with van der Waals surface area (Å²) in [5.41, 5.74) is 6.73. The second-order valence-electron chi connectivity index (χ2n) is 5.30. The lowest BCUT2D eigenvalue weighted by Crippen LogP contribution is -2.41. The van der Waals surface area contributed by atoms with Gasteiger partial charge in [-0.25, -0.2) is 4.39 Å². The van der Waals surface area contributed by atoms with Gasteiger partial charge in [-0.2, -0.15) is 0 Å². The summed E-state index contributed by atoms with van der Waals surface area (Å²) in [4.78, 5) is 13.8. The van der Waals surface area contributed by atoms with Crippen molar-refractivity contribution in [3.63, 3.8) is 0 Å². The van der Waals surface area contributed by atoms with Crippen LogP contribution in [0.3, 0.4) is 0 Å². The molecule has 0 aliphatic heterocycles. The fraction of sp³-hybridized carbons (Fsp3) is 0.533. The van der Waals surface area contributed by atoms with Crippen LogP contribution in [-0.2, 0) is 11.3 Å². The Bertz CT molecular complexity index is 429. The number of benzene rings is 1. The highest BCUT2D eigenvalue weighted by atomic mass is 35.5. The van der Waals surface area contributed by atoms with Crippen LogP contribution >= 0.6 is 24.8 Å². The molecule has 0 saturated heterocycles. The van der Waals surface area contributed by atoms with Crippen LogP contribution in [0.1, 0.15) is 19.4 Å². The Morgan fingerprint density at radius 1 is 1.27 bits per heavy atom. The van der Waals surface area contributed by atoms with Crippen LogP contribution in [0.25, 0.3) is 0 Å². The van der Waals surface area contributed by atoms with Gasteiger partial charge in [0, 0.05) is 31.6 Å². The van der Waals surface area contributed by atoms with Gasteiger partial charge >= 0.3 is 0 Å². The van der Waals surface area contributed by atoms with Crippen LogP contribution in [0.5, 0.6) is 0 Å². The van der Waals surface area contributed by atoms with E-state index in [0.29, 0.717) is 6.54 Å². The van der Waals surface area contributed by atoms with Crippen LogP contribution in [0.4, 0.5) is 4.39 Å². The van der Waals surface area contributed by atoms with Gasteiger partial charge in [0.15, 0.2) is 0 Å². The van der Waals surface area contributed by atoms with Crippen LogP contribution in [0.15, 0.2) is 24.3 Å². The SMILES string of the molecule is CC(N)C(C)C(=O)NCCN(C)Cc1ccc(F)cc1.Cl.Cl. The molecule has 2 atom stereocenters. The highest BCUT2D eigenvalue weighted by Crippen LogP contribution is 2.05. The van der Waals surface area contributed by atoms with Gasteiger partial charge in [-0.3, -0.25) is 4.79 Å². The van der Waals surface area contributed by atoms with Gasteiger partial charge in [-0.15, -0.1) is 24.8 Å². The highest BCUT2D eigenvalue weighted by Gasteiger charge is 2.16. The number of halogens is 3. The maximum Gasteiger partial charge on any atom is 0.224 e. The van der Waals surface area contributed by atoms with Gasteiger partial charge in [-0.05, 0) is 31.7 Å². The lowest BCUT2D eigenvalue weighted by molar-refractivity contribution is -0.124. The van der Waals surface area contributed by atoms with Crippen LogP contribution < -0.4 is 11.1 Å². The van der Waals surface area contributed by atoms with Crippen molar-refractivity contribution in [2.45, 2.75) is 26.4 Å². The van der Waals surface area contributed by atoms with E-state index < -0.39 is 0 Å². The lowest BCUT2D eigenvalue weighted by atomic mass is 10.0. The second kappa shape index (κ2) is 11.7. The molecule has 1 aromatic carbocycles. The molecule has 0 aromatic heterocycles. The van der Waals surface area contributed by atoms with Crippen LogP contribution in [0, 0.1) is 11.7 Å². The first-order valence-corrected chi connectivity index (χ1v) is 6.86. The summed E-state index contributed by atoms with van der Waals surface area (Å²) in [5.74, 6) is -0.429. The molecule has 2 unspecified atom stereocenters. The van der Waals surface area contributed by atoms with Gasteiger partial charge in [0.25, 0.3) is 0 Å². The minimum atomic E-state index is -0.228. The zero-order chi connectivity index (χ0) is 15.1. The molecule has 128 valence electrons. The molecule has 3 N–H and O–H groups in total. The molecule has 22 heavy (non-hydrogen) atoms. The molecule has 1 aromatic rings. The van der Waals surface area contributed by atoms with E-state index in [1.807, 2.05) is 20.9 Å². The molecule has 0 aliphatic carbocycles. The summed E-state index contributed by atoms with van der Waals surface area (Å²) in [6.45, 7) is 5.68. The Morgan fingerprint density at radius 3 is 2.32 bits per heavy atom. The second-order valence-corrected chi connectivity index (χ2v) is 5.30. The molecule has 0 spiro atoms. The normalized spacial score (nSPS) is 12.8. The predicted molar refractivity (Wildman–Crippen MR) is 93.1 cm³/mol. The van der Waals surface area contributed by atoms with Crippen molar-refractivity contribution in [2.75, 3.05) is 20.1 Å². The summed E-state index contributed by atoms with van der Waals surface area (Å²) in [6, 6.07) is 6.29. The van der Waals surface area contributed by atoms with Crippen molar-refractivity contribution < 1.29 is 9.18 Å². The van der Waals surface area contributed by atoms with E-state index in [-0.39, 0.29) is 48.5 Å². The number of amides is 1. The van der Waals surface area contributed by atoms with Gasteiger partial charge in [0.05, 0.1) is 0 Å². The lowest BCUT2D eigenvalue weighted by Gasteiger charge is -2.19. The van der Waals surface area contributed by atoms with Crippen molar-refractivity contribution in [2.24, 2.45) is 11.7 Å². The molecule has 1 amide bonds. The topological polar surface area (TPSA) is 58.4 Å². The monoisotopic (exact) mass is 353 g/mol. The number of hydrogen-bond donors (Lipinski definition) is 2. The van der Waals surface area contributed by atoms with E-state index in [1.165, 1.54) is 12.1 Å². The zero-order valence-electron chi connectivity index (χ0n) is 13.2. The summed E-state index contributed by atoms with van der Waals surface area (Å²) in [6.07, 6.45) is 0. The van der Waals surface area contributed by atoms with Gasteiger partial charge < -0.3 is 16.0 Å². The fourth-order valence-corrected chi connectivity index (χ4v) is 1.75. The molecule has 0 radical (unpaired) electrons. The number of rotatable bonds is 7. The van der Waals surface area contributed by atoms with E-state index >= 15 is 0 Å². The predicted octanol–water partition coefficient (Wildman–Crippen LogP) is 2.20. The Balaban J connectivity index is 0. The Labute approximate surface area is 144 Å². The molecule has 1 rings (SSSR count). The number of nitrogens with zero attached hydrogens (tertiary/aromatic N) is 1. The van der Waals surface area contributed by atoms with E-state index in [9.17, 15) is 9.18 Å². The van der Waals surface area contributed by atoms with Gasteiger partial charge in [-0.1, -0.05) is 19.1 Å². The van der Waals surface area contributed by atoms with Crippen LogP contribution in [0.2, 0.25) is 0 Å². The number of hydrogen-bond acceptors (Lipinski definition) is 3. The average Bonchev–Trinajstić information content (AvgIpc) is 2.40. The number of nitrogens with one attached hydrogen (secondary N) is 1. The standard InChI is InChI=1S/C15H24FN3O.2ClH/c1-11(12(2)17)15(20)18-8-9-19(3)10-13-4-6-14(16)7-5-13;;/h4-7,11-12H,8-10,17H2,1-3H3,(H,18,20);2*1H. The van der Waals surface area contributed by atoms with E-state index in [1.54, 1.807) is 12.1 Å². The maximum absolute atomic E-state index is 12.8. The maximum atomic E-state index is 12.8. The first-order chi connectivity index (χ1) is 9.40. The Morgan fingerprint density at radius 2 is 1.82 bits per heavy atom. The van der Waals surface area contributed by atoms with Crippen molar-refractivity contribution in [1.82, 2.24) is 10.2 Å². The van der Waals surface area contributed by atoms with E-state index in [0.717, 1.165) is 18.7 Å². The Hall–Kier alpha value is -0.880. The van der Waals surface area contributed by atoms with Crippen LogP contribution in [-0.4, -0.2) is 37.0 Å². The minimum Gasteiger partial charge on any atom is -0.355 e. The number of carbonyl (C=O) groups is 1. The van der Waals surface area contributed by atoms with Crippen molar-refractivity contribution in [1.29, 1.82) is 0 Å². The third kappa shape index (κ3) is 8.54. The molecule has 0 aliphatic rings. The van der Waals surface area contributed by atoms with Crippen molar-refractivity contribution in [3.05, 3.63) is 35.6 Å². The van der Waals surface area contributed by atoms with Gasteiger partial charge in [0.2, 0.25) is 5.91 Å². The molecule has 0 saturated carbocycles. The highest BCUT2D eigenvalue weighted by molar-refractivity contribution is 5.85. The largest absolute Gasteiger partial charge is 0.355 e. The summed E-state index contributed by atoms with van der Waals surface area (Å²) in [7, 11) is 1.96. The zero-order valence-corrected chi connectivity index (χ0v) is 14.8. The molecule has 0 heterocycles.